The van der Waals surface area contributed by atoms with E-state index in [-0.39, 0.29) is 12.5 Å². The highest BCUT2D eigenvalue weighted by atomic mass is 19.4. The van der Waals surface area contributed by atoms with E-state index in [1.807, 2.05) is 74.3 Å². The molecule has 2 aromatic carbocycles. The van der Waals surface area contributed by atoms with Crippen LogP contribution >= 0.6 is 0 Å². The number of benzene rings is 2. The zero-order valence-corrected chi connectivity index (χ0v) is 21.1. The quantitative estimate of drug-likeness (QED) is 0.445. The molecule has 1 aromatic heterocycles. The van der Waals surface area contributed by atoms with Gasteiger partial charge in [-0.2, -0.15) is 13.2 Å². The lowest BCUT2D eigenvalue weighted by Gasteiger charge is -2.48. The molecule has 2 N–H and O–H groups in total. The molecular formula is C28H31F3N4O2. The van der Waals surface area contributed by atoms with Crippen LogP contribution in [0.2, 0.25) is 0 Å². The summed E-state index contributed by atoms with van der Waals surface area (Å²) in [5, 5.41) is 0. The van der Waals surface area contributed by atoms with Gasteiger partial charge in [-0.3, -0.25) is 14.7 Å². The summed E-state index contributed by atoms with van der Waals surface area (Å²) in [6.07, 6.45) is -2.96. The van der Waals surface area contributed by atoms with E-state index in [1.54, 1.807) is 4.90 Å². The lowest BCUT2D eigenvalue weighted by Crippen LogP contribution is -2.69. The first-order chi connectivity index (χ1) is 17.5. The van der Waals surface area contributed by atoms with Crippen LogP contribution in [0.5, 0.6) is 0 Å². The molecule has 0 radical (unpaired) electrons. The molecular weight excluding hydrogens is 481 g/mol. The average Bonchev–Trinajstić information content (AvgIpc) is 2.85. The number of pyridine rings is 1. The Labute approximate surface area is 214 Å². The summed E-state index contributed by atoms with van der Waals surface area (Å²) in [6, 6.07) is 16.9. The summed E-state index contributed by atoms with van der Waals surface area (Å²) in [6.45, 7) is 4.83. The minimum atomic E-state index is -4.50. The number of amides is 1. The number of alkyl halides is 3. The fraction of sp³-hybridized carbons (Fsp3) is 0.357. The number of rotatable bonds is 8. The van der Waals surface area contributed by atoms with Gasteiger partial charge in [-0.15, -0.1) is 0 Å². The second-order valence-electron chi connectivity index (χ2n) is 9.58. The molecule has 1 saturated heterocycles. The van der Waals surface area contributed by atoms with Crippen molar-refractivity contribution in [2.45, 2.75) is 38.1 Å². The number of aromatic nitrogens is 1. The van der Waals surface area contributed by atoms with E-state index in [2.05, 4.69) is 4.98 Å². The number of anilines is 1. The first-order valence-electron chi connectivity index (χ1n) is 12.0. The van der Waals surface area contributed by atoms with Crippen molar-refractivity contribution in [3.8, 4) is 0 Å². The molecule has 1 fully saturated rings. The van der Waals surface area contributed by atoms with Crippen LogP contribution in [-0.4, -0.2) is 48.3 Å². The van der Waals surface area contributed by atoms with Gasteiger partial charge >= 0.3 is 6.18 Å². The van der Waals surface area contributed by atoms with Crippen LogP contribution in [0, 0.1) is 13.8 Å². The minimum absolute atomic E-state index is 0.187. The molecule has 4 rings (SSSR count). The Morgan fingerprint density at radius 3 is 2.32 bits per heavy atom. The standard InChI is InChI=1S/C28H31F3N4O2/c1-19-9-11-23(15-20(19)2)35(14-13-21-10-12-24(33-16-21)28(29,30)31)26(36)25(22-7-5-4-6-8-22)34(3)27(32)17-37-18-27/h4-12,15-16,25H,13-14,17-18,32H2,1-3H3/t25-/m0/s1. The van der Waals surface area contributed by atoms with Gasteiger partial charge in [0.1, 0.15) is 17.4 Å². The maximum absolute atomic E-state index is 14.3. The summed E-state index contributed by atoms with van der Waals surface area (Å²) < 4.78 is 44.2. The Morgan fingerprint density at radius 2 is 1.78 bits per heavy atom. The maximum atomic E-state index is 14.3. The van der Waals surface area contributed by atoms with Gasteiger partial charge in [0.25, 0.3) is 0 Å². The summed E-state index contributed by atoms with van der Waals surface area (Å²) in [4.78, 5) is 21.4. The highest BCUT2D eigenvalue weighted by Crippen LogP contribution is 2.33. The zero-order chi connectivity index (χ0) is 26.8. The average molecular weight is 513 g/mol. The topological polar surface area (TPSA) is 71.7 Å². The number of likely N-dealkylation sites (N-methyl/N-ethyl adjacent to an activating group) is 1. The Morgan fingerprint density at radius 1 is 1.08 bits per heavy atom. The molecule has 37 heavy (non-hydrogen) atoms. The first-order valence-corrected chi connectivity index (χ1v) is 12.0. The number of hydrogen-bond acceptors (Lipinski definition) is 5. The number of carbonyl (C=O) groups excluding carboxylic acids is 1. The Bertz CT molecular complexity index is 1230. The zero-order valence-electron chi connectivity index (χ0n) is 21.1. The van der Waals surface area contributed by atoms with E-state index in [1.165, 1.54) is 12.3 Å². The highest BCUT2D eigenvalue weighted by Gasteiger charge is 2.45. The van der Waals surface area contributed by atoms with Gasteiger partial charge in [0.05, 0.1) is 13.2 Å². The van der Waals surface area contributed by atoms with Crippen LogP contribution in [-0.2, 0) is 22.1 Å². The van der Waals surface area contributed by atoms with Gasteiger partial charge in [0, 0.05) is 18.4 Å². The van der Waals surface area contributed by atoms with Gasteiger partial charge in [0.2, 0.25) is 5.91 Å². The molecule has 196 valence electrons. The van der Waals surface area contributed by atoms with Crippen LogP contribution in [0.15, 0.2) is 66.9 Å². The van der Waals surface area contributed by atoms with Crippen molar-refractivity contribution in [1.82, 2.24) is 9.88 Å². The lowest BCUT2D eigenvalue weighted by atomic mass is 9.98. The summed E-state index contributed by atoms with van der Waals surface area (Å²) in [5.41, 5.74) is 9.03. The third-order valence-electron chi connectivity index (χ3n) is 6.95. The Hall–Kier alpha value is -3.27. The van der Waals surface area contributed by atoms with Crippen LogP contribution in [0.25, 0.3) is 0 Å². The number of halogens is 3. The molecule has 1 amide bonds. The smallest absolute Gasteiger partial charge is 0.375 e. The number of nitrogens with zero attached hydrogens (tertiary/aromatic N) is 3. The van der Waals surface area contributed by atoms with Gasteiger partial charge < -0.3 is 15.4 Å². The molecule has 0 aliphatic carbocycles. The number of ether oxygens (including phenoxy) is 1. The number of hydrogen-bond donors (Lipinski definition) is 1. The largest absolute Gasteiger partial charge is 0.433 e. The van der Waals surface area contributed by atoms with Crippen molar-refractivity contribution in [3.05, 3.63) is 94.8 Å². The monoisotopic (exact) mass is 512 g/mol. The molecule has 3 aromatic rings. The molecule has 0 saturated carbocycles. The van der Waals surface area contributed by atoms with E-state index in [0.717, 1.165) is 22.8 Å². The SMILES string of the molecule is Cc1ccc(N(CCc2ccc(C(F)(F)F)nc2)C(=O)[C@H](c2ccccc2)N(C)C2(N)COC2)cc1C. The predicted octanol–water partition coefficient (Wildman–Crippen LogP) is 4.65. The maximum Gasteiger partial charge on any atom is 0.433 e. The number of carbonyl (C=O) groups is 1. The van der Waals surface area contributed by atoms with Crippen LogP contribution < -0.4 is 10.6 Å². The first kappa shape index (κ1) is 26.8. The van der Waals surface area contributed by atoms with Gasteiger partial charge in [-0.05, 0) is 67.8 Å². The van der Waals surface area contributed by atoms with E-state index >= 15 is 0 Å². The van der Waals surface area contributed by atoms with E-state index < -0.39 is 23.6 Å². The van der Waals surface area contributed by atoms with Crippen molar-refractivity contribution in [1.29, 1.82) is 0 Å². The normalized spacial score (nSPS) is 15.8. The molecule has 1 aliphatic heterocycles. The summed E-state index contributed by atoms with van der Waals surface area (Å²) >= 11 is 0. The van der Waals surface area contributed by atoms with Crippen LogP contribution in [0.1, 0.15) is 34.0 Å². The molecule has 1 aliphatic rings. The molecule has 0 unspecified atom stereocenters. The highest BCUT2D eigenvalue weighted by molar-refractivity contribution is 5.98. The molecule has 0 spiro atoms. The Kier molecular flexibility index (Phi) is 7.68. The third kappa shape index (κ3) is 5.84. The summed E-state index contributed by atoms with van der Waals surface area (Å²) in [7, 11) is 1.82. The van der Waals surface area contributed by atoms with Gasteiger partial charge in [0.15, 0.2) is 0 Å². The predicted molar refractivity (Wildman–Crippen MR) is 136 cm³/mol. The molecule has 2 heterocycles. The second kappa shape index (κ2) is 10.6. The Balaban J connectivity index is 1.68. The fourth-order valence-electron chi connectivity index (χ4n) is 4.33. The second-order valence-corrected chi connectivity index (χ2v) is 9.58. The van der Waals surface area contributed by atoms with Gasteiger partial charge in [-0.25, -0.2) is 0 Å². The van der Waals surface area contributed by atoms with Crippen molar-refractivity contribution < 1.29 is 22.7 Å². The molecule has 6 nitrogen and oxygen atoms in total. The van der Waals surface area contributed by atoms with Gasteiger partial charge in [-0.1, -0.05) is 42.5 Å². The van der Waals surface area contributed by atoms with E-state index in [9.17, 15) is 18.0 Å². The molecule has 0 bridgehead atoms. The van der Waals surface area contributed by atoms with Crippen molar-refractivity contribution in [2.24, 2.45) is 5.73 Å². The van der Waals surface area contributed by atoms with Crippen molar-refractivity contribution in [2.75, 3.05) is 31.7 Å². The molecule has 9 heteroatoms. The minimum Gasteiger partial charge on any atom is -0.375 e. The van der Waals surface area contributed by atoms with Crippen LogP contribution in [0.4, 0.5) is 18.9 Å². The van der Waals surface area contributed by atoms with Crippen LogP contribution in [0.3, 0.4) is 0 Å². The number of aryl methyl sites for hydroxylation is 2. The lowest BCUT2D eigenvalue weighted by molar-refractivity contribution is -0.153. The third-order valence-corrected chi connectivity index (χ3v) is 6.95. The van der Waals surface area contributed by atoms with E-state index in [4.69, 9.17) is 10.5 Å². The van der Waals surface area contributed by atoms with Crippen molar-refractivity contribution in [3.63, 3.8) is 0 Å². The fourth-order valence-corrected chi connectivity index (χ4v) is 4.33. The number of nitrogens with two attached hydrogens (primary N) is 1. The summed E-state index contributed by atoms with van der Waals surface area (Å²) in [5.74, 6) is -0.187. The van der Waals surface area contributed by atoms with Crippen molar-refractivity contribution >= 4 is 11.6 Å². The van der Waals surface area contributed by atoms with E-state index in [0.29, 0.717) is 30.9 Å². The molecule has 1 atom stereocenters.